The van der Waals surface area contributed by atoms with E-state index < -0.39 is 8.37 Å². The first-order valence-corrected chi connectivity index (χ1v) is 5.39. The lowest BCUT2D eigenvalue weighted by Gasteiger charge is -2.30. The van der Waals surface area contributed by atoms with E-state index in [4.69, 9.17) is 0 Å². The van der Waals surface area contributed by atoms with Crippen molar-refractivity contribution in [1.82, 2.24) is 18.9 Å². The Kier molecular flexibility index (Phi) is 3.42. The standard InChI is InChI=1S/C8H17N4P/c1-8-6-7-9-12(8)13(10(2)3)11(4)5/h6-7H,1-5H3. The maximum Gasteiger partial charge on any atom is 0.169 e. The van der Waals surface area contributed by atoms with E-state index in [9.17, 15) is 0 Å². The highest BCUT2D eigenvalue weighted by molar-refractivity contribution is 7.50. The molecule has 0 aromatic carbocycles. The molecule has 0 saturated heterocycles. The van der Waals surface area contributed by atoms with Crippen LogP contribution in [0.5, 0.6) is 0 Å². The van der Waals surface area contributed by atoms with E-state index in [1.165, 1.54) is 5.69 Å². The monoisotopic (exact) mass is 200 g/mol. The van der Waals surface area contributed by atoms with Crippen molar-refractivity contribution in [3.8, 4) is 0 Å². The van der Waals surface area contributed by atoms with Gasteiger partial charge in [0.25, 0.3) is 0 Å². The van der Waals surface area contributed by atoms with Crippen LogP contribution in [0, 0.1) is 6.92 Å². The molecule has 1 aromatic heterocycles. The van der Waals surface area contributed by atoms with E-state index in [0.29, 0.717) is 0 Å². The summed E-state index contributed by atoms with van der Waals surface area (Å²) in [4.78, 5) is 0. The Morgan fingerprint density at radius 1 is 1.23 bits per heavy atom. The van der Waals surface area contributed by atoms with Gasteiger partial charge in [-0.1, -0.05) is 0 Å². The smallest absolute Gasteiger partial charge is 0.169 e. The summed E-state index contributed by atoms with van der Waals surface area (Å²) in [6.45, 7) is 2.08. The summed E-state index contributed by atoms with van der Waals surface area (Å²) in [5.74, 6) is 0. The van der Waals surface area contributed by atoms with Gasteiger partial charge < -0.3 is 0 Å². The summed E-state index contributed by atoms with van der Waals surface area (Å²) >= 11 is 0. The molecule has 13 heavy (non-hydrogen) atoms. The predicted molar refractivity (Wildman–Crippen MR) is 56.7 cm³/mol. The van der Waals surface area contributed by atoms with Crippen LogP contribution < -0.4 is 0 Å². The number of hydrogen-bond donors (Lipinski definition) is 0. The molecule has 74 valence electrons. The Morgan fingerprint density at radius 3 is 2.08 bits per heavy atom. The summed E-state index contributed by atoms with van der Waals surface area (Å²) in [6, 6.07) is 2.03. The van der Waals surface area contributed by atoms with Crippen molar-refractivity contribution in [3.63, 3.8) is 0 Å². The molecule has 0 atom stereocenters. The zero-order valence-electron chi connectivity index (χ0n) is 8.89. The molecular formula is C8H17N4P. The molecule has 0 radical (unpaired) electrons. The fourth-order valence-electron chi connectivity index (χ4n) is 1.25. The van der Waals surface area contributed by atoms with Crippen LogP contribution in [0.1, 0.15) is 5.69 Å². The first-order valence-electron chi connectivity index (χ1n) is 4.19. The molecule has 0 amide bonds. The van der Waals surface area contributed by atoms with E-state index >= 15 is 0 Å². The van der Waals surface area contributed by atoms with Gasteiger partial charge in [0.1, 0.15) is 0 Å². The van der Waals surface area contributed by atoms with Gasteiger partial charge in [0.2, 0.25) is 0 Å². The van der Waals surface area contributed by atoms with Gasteiger partial charge in [0.05, 0.1) is 0 Å². The number of aromatic nitrogens is 2. The third-order valence-electron chi connectivity index (χ3n) is 1.69. The normalized spacial score (nSPS) is 12.0. The van der Waals surface area contributed by atoms with Gasteiger partial charge in [0, 0.05) is 11.9 Å². The Bertz CT molecular complexity index is 261. The van der Waals surface area contributed by atoms with Crippen molar-refractivity contribution in [2.24, 2.45) is 0 Å². The highest BCUT2D eigenvalue weighted by atomic mass is 31.2. The van der Waals surface area contributed by atoms with Crippen LogP contribution in [0.2, 0.25) is 0 Å². The minimum atomic E-state index is -0.485. The summed E-state index contributed by atoms with van der Waals surface area (Å²) in [5, 5.41) is 4.32. The van der Waals surface area contributed by atoms with Crippen molar-refractivity contribution in [3.05, 3.63) is 18.0 Å². The van der Waals surface area contributed by atoms with E-state index in [2.05, 4.69) is 54.0 Å². The average Bonchev–Trinajstić information content (AvgIpc) is 2.35. The third kappa shape index (κ3) is 2.27. The molecule has 1 heterocycles. The van der Waals surface area contributed by atoms with E-state index in [1.807, 2.05) is 12.3 Å². The van der Waals surface area contributed by atoms with Gasteiger partial charge in [-0.15, -0.1) is 0 Å². The molecule has 0 spiro atoms. The predicted octanol–water partition coefficient (Wildman–Crippen LogP) is 1.39. The van der Waals surface area contributed by atoms with Crippen LogP contribution in [0.3, 0.4) is 0 Å². The van der Waals surface area contributed by atoms with Crippen molar-refractivity contribution >= 4 is 8.37 Å². The molecule has 5 heteroatoms. The first kappa shape index (κ1) is 10.6. The quantitative estimate of drug-likeness (QED) is 0.689. The molecule has 1 rings (SSSR count). The second kappa shape index (κ2) is 4.18. The van der Waals surface area contributed by atoms with Gasteiger partial charge in [-0.2, -0.15) is 5.10 Å². The molecule has 1 aromatic rings. The molecule has 4 nitrogen and oxygen atoms in total. The topological polar surface area (TPSA) is 24.3 Å². The van der Waals surface area contributed by atoms with Crippen LogP contribution in [-0.4, -0.2) is 47.1 Å². The second-order valence-corrected chi connectivity index (χ2v) is 5.84. The van der Waals surface area contributed by atoms with Crippen molar-refractivity contribution in [1.29, 1.82) is 0 Å². The number of rotatable bonds is 3. The molecular weight excluding hydrogens is 183 g/mol. The molecule has 0 unspecified atom stereocenters. The Morgan fingerprint density at radius 2 is 1.77 bits per heavy atom. The first-order chi connectivity index (χ1) is 6.04. The van der Waals surface area contributed by atoms with Gasteiger partial charge >= 0.3 is 0 Å². The Balaban J connectivity index is 2.95. The molecule has 0 bridgehead atoms. The lowest BCUT2D eigenvalue weighted by Crippen LogP contribution is -2.22. The maximum absolute atomic E-state index is 4.32. The molecule has 0 aliphatic carbocycles. The highest BCUT2D eigenvalue weighted by Gasteiger charge is 2.18. The molecule has 0 saturated carbocycles. The third-order valence-corrected chi connectivity index (χ3v) is 3.88. The summed E-state index contributed by atoms with van der Waals surface area (Å²) in [6.07, 6.45) is 1.84. The van der Waals surface area contributed by atoms with Crippen molar-refractivity contribution < 1.29 is 0 Å². The molecule has 0 aliphatic rings. The minimum absolute atomic E-state index is 0.485. The lowest BCUT2D eigenvalue weighted by molar-refractivity contribution is 0.551. The lowest BCUT2D eigenvalue weighted by atomic mass is 10.5. The Labute approximate surface area is 81.1 Å². The molecule has 0 aliphatic heterocycles. The summed E-state index contributed by atoms with van der Waals surface area (Å²) in [5.41, 5.74) is 1.20. The van der Waals surface area contributed by atoms with Crippen LogP contribution in [0.4, 0.5) is 0 Å². The average molecular weight is 200 g/mol. The number of nitrogens with zero attached hydrogens (tertiary/aromatic N) is 4. The van der Waals surface area contributed by atoms with Crippen LogP contribution in [-0.2, 0) is 0 Å². The van der Waals surface area contributed by atoms with Crippen LogP contribution in [0.15, 0.2) is 12.3 Å². The summed E-state index contributed by atoms with van der Waals surface area (Å²) in [7, 11) is 7.82. The van der Waals surface area contributed by atoms with Gasteiger partial charge in [-0.25, -0.2) is 4.45 Å². The second-order valence-electron chi connectivity index (χ2n) is 3.32. The van der Waals surface area contributed by atoms with Crippen LogP contribution in [0.25, 0.3) is 0 Å². The maximum atomic E-state index is 4.32. The van der Waals surface area contributed by atoms with E-state index in [-0.39, 0.29) is 0 Å². The molecule has 0 fully saturated rings. The molecule has 0 N–H and O–H groups in total. The van der Waals surface area contributed by atoms with Crippen LogP contribution >= 0.6 is 8.37 Å². The van der Waals surface area contributed by atoms with Crippen molar-refractivity contribution in [2.75, 3.05) is 28.2 Å². The Hall–Kier alpha value is -0.440. The summed E-state index contributed by atoms with van der Waals surface area (Å²) < 4.78 is 6.44. The van der Waals surface area contributed by atoms with E-state index in [0.717, 1.165) is 0 Å². The highest BCUT2D eigenvalue weighted by Crippen LogP contribution is 2.41. The number of hydrogen-bond acceptors (Lipinski definition) is 3. The van der Waals surface area contributed by atoms with Gasteiger partial charge in [-0.05, 0) is 41.2 Å². The SMILES string of the molecule is Cc1ccnn1P(N(C)C)N(C)C. The van der Waals surface area contributed by atoms with Gasteiger partial charge in [0.15, 0.2) is 8.37 Å². The van der Waals surface area contributed by atoms with Crippen molar-refractivity contribution in [2.45, 2.75) is 6.92 Å². The number of aryl methyl sites for hydroxylation is 1. The minimum Gasteiger partial charge on any atom is -0.257 e. The zero-order chi connectivity index (χ0) is 10.0. The fraction of sp³-hybridized carbons (Fsp3) is 0.625. The van der Waals surface area contributed by atoms with E-state index in [1.54, 1.807) is 0 Å². The fourth-order valence-corrected chi connectivity index (χ4v) is 3.14. The zero-order valence-corrected chi connectivity index (χ0v) is 9.79. The largest absolute Gasteiger partial charge is 0.257 e. The van der Waals surface area contributed by atoms with Gasteiger partial charge in [-0.3, -0.25) is 9.34 Å².